The number of carbonyl (C=O) groups excluding carboxylic acids is 1. The first-order chi connectivity index (χ1) is 8.85. The van der Waals surface area contributed by atoms with Crippen molar-refractivity contribution in [3.63, 3.8) is 0 Å². The van der Waals surface area contributed by atoms with Gasteiger partial charge in [0.2, 0.25) is 0 Å². The van der Waals surface area contributed by atoms with Crippen molar-refractivity contribution >= 4 is 40.9 Å². The largest absolute Gasteiger partial charge is 0.480 e. The van der Waals surface area contributed by atoms with Crippen molar-refractivity contribution in [1.29, 1.82) is 0 Å². The van der Waals surface area contributed by atoms with E-state index in [-0.39, 0.29) is 6.42 Å². The van der Waals surface area contributed by atoms with Gasteiger partial charge in [-0.2, -0.15) is 0 Å². The topological polar surface area (TPSA) is 78.4 Å². The maximum Gasteiger partial charge on any atom is 0.326 e. The number of aryl methyl sites for hydroxylation is 1. The number of nitrogens with one attached hydrogen (secondary N) is 2. The van der Waals surface area contributed by atoms with Gasteiger partial charge in [-0.15, -0.1) is 0 Å². The number of carboxylic acid groups (broad SMARTS) is 1. The third-order valence-corrected chi connectivity index (χ3v) is 3.23. The molecule has 104 valence electrons. The van der Waals surface area contributed by atoms with Crippen molar-refractivity contribution in [2.75, 3.05) is 5.32 Å². The van der Waals surface area contributed by atoms with Gasteiger partial charge >= 0.3 is 12.0 Å². The first-order valence-electron chi connectivity index (χ1n) is 5.61. The fraction of sp³-hybridized carbons (Fsp3) is 0.333. The Kier molecular flexibility index (Phi) is 5.44. The number of urea groups is 1. The number of halogens is 2. The first-order valence-corrected chi connectivity index (χ1v) is 6.36. The monoisotopic (exact) mass is 304 g/mol. The summed E-state index contributed by atoms with van der Waals surface area (Å²) >= 11 is 11.9. The molecule has 1 aromatic rings. The number of amides is 2. The van der Waals surface area contributed by atoms with Crippen LogP contribution in [0.25, 0.3) is 0 Å². The predicted octanol–water partition coefficient (Wildman–Crippen LogP) is 3.29. The van der Waals surface area contributed by atoms with Gasteiger partial charge in [-0.05, 0) is 31.0 Å². The van der Waals surface area contributed by atoms with Crippen LogP contribution in [0.5, 0.6) is 0 Å². The molecule has 0 fully saturated rings. The van der Waals surface area contributed by atoms with E-state index in [2.05, 4.69) is 10.6 Å². The van der Waals surface area contributed by atoms with Gasteiger partial charge in [0, 0.05) is 5.02 Å². The highest BCUT2D eigenvalue weighted by Gasteiger charge is 2.18. The smallest absolute Gasteiger partial charge is 0.326 e. The molecule has 0 spiro atoms. The Morgan fingerprint density at radius 1 is 1.32 bits per heavy atom. The van der Waals surface area contributed by atoms with Crippen LogP contribution in [0.1, 0.15) is 18.9 Å². The average molecular weight is 305 g/mol. The number of rotatable bonds is 4. The number of aliphatic carboxylic acids is 1. The Labute approximate surface area is 120 Å². The lowest BCUT2D eigenvalue weighted by atomic mass is 10.2. The maximum atomic E-state index is 11.6. The van der Waals surface area contributed by atoms with E-state index >= 15 is 0 Å². The van der Waals surface area contributed by atoms with E-state index in [1.54, 1.807) is 19.9 Å². The summed E-state index contributed by atoms with van der Waals surface area (Å²) in [7, 11) is 0. The summed E-state index contributed by atoms with van der Waals surface area (Å²) < 4.78 is 0. The molecule has 3 N–H and O–H groups in total. The molecule has 0 aliphatic rings. The Morgan fingerprint density at radius 3 is 2.47 bits per heavy atom. The standard InChI is InChI=1S/C12H14Cl2N2O3/c1-3-9(11(17)18)15-12(19)16-10-5-7(13)6(2)4-8(10)14/h4-5,9H,3H2,1-2H3,(H,17,18)(H2,15,16,19)/t9-/m1/s1. The summed E-state index contributed by atoms with van der Waals surface area (Å²) in [5.41, 5.74) is 1.12. The molecule has 2 amide bonds. The van der Waals surface area contributed by atoms with Gasteiger partial charge in [-0.3, -0.25) is 0 Å². The Hall–Kier alpha value is -1.46. The van der Waals surface area contributed by atoms with E-state index in [4.69, 9.17) is 28.3 Å². The van der Waals surface area contributed by atoms with Crippen LogP contribution in [-0.2, 0) is 4.79 Å². The maximum absolute atomic E-state index is 11.6. The molecule has 0 aromatic heterocycles. The molecule has 0 bridgehead atoms. The highest BCUT2D eigenvalue weighted by molar-refractivity contribution is 6.36. The highest BCUT2D eigenvalue weighted by atomic mass is 35.5. The minimum Gasteiger partial charge on any atom is -0.480 e. The minimum atomic E-state index is -1.09. The van der Waals surface area contributed by atoms with Gasteiger partial charge in [0.1, 0.15) is 6.04 Å². The molecule has 1 rings (SSSR count). The Balaban J connectivity index is 2.77. The molecule has 0 aliphatic heterocycles. The lowest BCUT2D eigenvalue weighted by Crippen LogP contribution is -2.42. The zero-order chi connectivity index (χ0) is 14.6. The van der Waals surface area contributed by atoms with Crippen LogP contribution in [0.3, 0.4) is 0 Å². The van der Waals surface area contributed by atoms with E-state index in [0.29, 0.717) is 15.7 Å². The zero-order valence-corrected chi connectivity index (χ0v) is 12.0. The molecule has 5 nitrogen and oxygen atoms in total. The van der Waals surface area contributed by atoms with Gasteiger partial charge in [0.15, 0.2) is 0 Å². The van der Waals surface area contributed by atoms with Crippen LogP contribution < -0.4 is 10.6 Å². The fourth-order valence-electron chi connectivity index (χ4n) is 1.40. The van der Waals surface area contributed by atoms with Crippen LogP contribution in [0.15, 0.2) is 12.1 Å². The Bertz CT molecular complexity index is 506. The number of hydrogen-bond acceptors (Lipinski definition) is 2. The molecule has 7 heteroatoms. The Morgan fingerprint density at radius 2 is 1.95 bits per heavy atom. The second-order valence-corrected chi connectivity index (χ2v) is 4.79. The number of hydrogen-bond donors (Lipinski definition) is 3. The van der Waals surface area contributed by atoms with Crippen LogP contribution in [0.2, 0.25) is 10.0 Å². The lowest BCUT2D eigenvalue weighted by Gasteiger charge is -2.14. The van der Waals surface area contributed by atoms with Gasteiger partial charge in [0.25, 0.3) is 0 Å². The molecule has 0 saturated carbocycles. The van der Waals surface area contributed by atoms with Crippen molar-refractivity contribution in [2.24, 2.45) is 0 Å². The summed E-state index contributed by atoms with van der Waals surface area (Å²) in [5, 5.41) is 14.4. The van der Waals surface area contributed by atoms with E-state index in [1.807, 2.05) is 0 Å². The second-order valence-electron chi connectivity index (χ2n) is 3.98. The zero-order valence-electron chi connectivity index (χ0n) is 10.5. The predicted molar refractivity (Wildman–Crippen MR) is 75.1 cm³/mol. The second kappa shape index (κ2) is 6.63. The van der Waals surface area contributed by atoms with Crippen molar-refractivity contribution < 1.29 is 14.7 Å². The van der Waals surface area contributed by atoms with E-state index in [0.717, 1.165) is 5.56 Å². The van der Waals surface area contributed by atoms with Crippen molar-refractivity contribution in [3.05, 3.63) is 27.7 Å². The van der Waals surface area contributed by atoms with Gasteiger partial charge < -0.3 is 15.7 Å². The molecule has 1 atom stereocenters. The van der Waals surface area contributed by atoms with Crippen molar-refractivity contribution in [1.82, 2.24) is 5.32 Å². The van der Waals surface area contributed by atoms with Gasteiger partial charge in [0.05, 0.1) is 10.7 Å². The molecule has 0 heterocycles. The molecular formula is C12H14Cl2N2O3. The van der Waals surface area contributed by atoms with Crippen LogP contribution in [0, 0.1) is 6.92 Å². The van der Waals surface area contributed by atoms with Gasteiger partial charge in [-0.25, -0.2) is 9.59 Å². The number of carbonyl (C=O) groups is 2. The summed E-state index contributed by atoms with van der Waals surface area (Å²) in [4.78, 5) is 22.4. The molecule has 0 unspecified atom stereocenters. The molecule has 0 aliphatic carbocycles. The quantitative estimate of drug-likeness (QED) is 0.798. The van der Waals surface area contributed by atoms with Gasteiger partial charge in [-0.1, -0.05) is 30.1 Å². The SMILES string of the molecule is CC[C@@H](NC(=O)Nc1cc(Cl)c(C)cc1Cl)C(=O)O. The molecule has 0 radical (unpaired) electrons. The average Bonchev–Trinajstić information content (AvgIpc) is 2.32. The van der Waals surface area contributed by atoms with E-state index in [9.17, 15) is 9.59 Å². The third-order valence-electron chi connectivity index (χ3n) is 2.51. The first kappa shape index (κ1) is 15.6. The summed E-state index contributed by atoms with van der Waals surface area (Å²) in [6.45, 7) is 3.45. The molecule has 19 heavy (non-hydrogen) atoms. The van der Waals surface area contributed by atoms with Crippen molar-refractivity contribution in [3.8, 4) is 0 Å². The molecule has 1 aromatic carbocycles. The lowest BCUT2D eigenvalue weighted by molar-refractivity contribution is -0.139. The van der Waals surface area contributed by atoms with E-state index < -0.39 is 18.0 Å². The minimum absolute atomic E-state index is 0.283. The number of anilines is 1. The molecular weight excluding hydrogens is 291 g/mol. The number of benzene rings is 1. The summed E-state index contributed by atoms with van der Waals surface area (Å²) in [6.07, 6.45) is 0.283. The fourth-order valence-corrected chi connectivity index (χ4v) is 1.83. The molecule has 0 saturated heterocycles. The van der Waals surface area contributed by atoms with Crippen LogP contribution >= 0.6 is 23.2 Å². The number of carboxylic acids is 1. The van der Waals surface area contributed by atoms with Crippen molar-refractivity contribution in [2.45, 2.75) is 26.3 Å². The highest BCUT2D eigenvalue weighted by Crippen LogP contribution is 2.28. The van der Waals surface area contributed by atoms with E-state index in [1.165, 1.54) is 6.07 Å². The summed E-state index contributed by atoms with van der Waals surface area (Å²) in [6, 6.07) is 1.55. The third kappa shape index (κ3) is 4.29. The van der Waals surface area contributed by atoms with Crippen LogP contribution in [0.4, 0.5) is 10.5 Å². The summed E-state index contributed by atoms with van der Waals surface area (Å²) in [5.74, 6) is -1.09. The van der Waals surface area contributed by atoms with Crippen LogP contribution in [-0.4, -0.2) is 23.1 Å². The normalized spacial score (nSPS) is 11.8.